The fourth-order valence-corrected chi connectivity index (χ4v) is 8.01. The summed E-state index contributed by atoms with van der Waals surface area (Å²) in [5, 5.41) is 54.7. The average molecular weight is 996 g/mol. The molecule has 0 radical (unpaired) electrons. The third-order valence-corrected chi connectivity index (χ3v) is 12.1. The SMILES string of the molecule is CO[C@H]1O[C@H](COCCCCCC2CN(CCOCCOCCOCCOCCC(=O)OC3C(F)C(F)C(F)C(F)C3F)NN2)[C@@H](O)[C@H](O)[C@@H]1O[C@H]1O[C@H](CCP(=O)(O)O)[C@@H](O)[C@H](O)[C@@H]1O. The summed E-state index contributed by atoms with van der Waals surface area (Å²) in [5.41, 5.74) is 6.37. The number of hydrazine groups is 2. The van der Waals surface area contributed by atoms with Gasteiger partial charge in [-0.1, -0.05) is 12.8 Å². The Morgan fingerprint density at radius 3 is 1.85 bits per heavy atom. The second-order valence-corrected chi connectivity index (χ2v) is 18.0. The molecule has 9 N–H and O–H groups in total. The summed E-state index contributed by atoms with van der Waals surface area (Å²) in [6.07, 6.45) is -30.1. The maximum absolute atomic E-state index is 13.8. The molecule has 15 atom stereocenters. The third kappa shape index (κ3) is 18.1. The first-order valence-electron chi connectivity index (χ1n) is 21.9. The number of halogens is 5. The molecule has 28 heteroatoms. The van der Waals surface area contributed by atoms with Crippen LogP contribution in [0.1, 0.15) is 38.5 Å². The molecule has 1 saturated carbocycles. The first kappa shape index (κ1) is 57.2. The number of aliphatic hydroxyl groups excluding tert-OH is 5. The van der Waals surface area contributed by atoms with Crippen LogP contribution in [0.25, 0.3) is 0 Å². The number of rotatable bonds is 30. The van der Waals surface area contributed by atoms with Gasteiger partial charge >= 0.3 is 13.6 Å². The lowest BCUT2D eigenvalue weighted by Gasteiger charge is -2.46. The highest BCUT2D eigenvalue weighted by Gasteiger charge is 2.56. The molecule has 3 heterocycles. The van der Waals surface area contributed by atoms with Crippen molar-refractivity contribution in [3.8, 4) is 0 Å². The Balaban J connectivity index is 0.942. The number of carbonyl (C=O) groups is 1. The number of unbranched alkanes of at least 4 members (excludes halogenated alkanes) is 2. The van der Waals surface area contributed by atoms with E-state index in [1.165, 1.54) is 7.11 Å². The lowest BCUT2D eigenvalue weighted by Crippen LogP contribution is -2.64. The lowest BCUT2D eigenvalue weighted by atomic mass is 9.89. The van der Waals surface area contributed by atoms with E-state index in [1.54, 1.807) is 0 Å². The highest BCUT2D eigenvalue weighted by Crippen LogP contribution is 2.38. The van der Waals surface area contributed by atoms with Gasteiger partial charge in [-0.3, -0.25) is 9.36 Å². The van der Waals surface area contributed by atoms with Gasteiger partial charge in [0.2, 0.25) is 0 Å². The number of carbonyl (C=O) groups excluding carboxylic acids is 1. The van der Waals surface area contributed by atoms with Gasteiger partial charge in [0.05, 0.1) is 78.1 Å². The van der Waals surface area contributed by atoms with E-state index < -0.39 is 125 Å². The van der Waals surface area contributed by atoms with Crippen molar-refractivity contribution < 1.29 is 114 Å². The van der Waals surface area contributed by atoms with Crippen LogP contribution in [0.2, 0.25) is 0 Å². The van der Waals surface area contributed by atoms with Crippen LogP contribution in [0.5, 0.6) is 0 Å². The summed E-state index contributed by atoms with van der Waals surface area (Å²) in [5.74, 6) is -1.14. The predicted molar refractivity (Wildman–Crippen MR) is 214 cm³/mol. The zero-order valence-electron chi connectivity index (χ0n) is 36.6. The first-order chi connectivity index (χ1) is 31.4. The smallest absolute Gasteiger partial charge is 0.325 e. The molecule has 0 aromatic carbocycles. The molecule has 0 bridgehead atoms. The molecule has 1 aliphatic carbocycles. The minimum Gasteiger partial charge on any atom is -0.456 e. The van der Waals surface area contributed by atoms with Crippen LogP contribution in [0.15, 0.2) is 0 Å². The third-order valence-electron chi connectivity index (χ3n) is 11.2. The van der Waals surface area contributed by atoms with E-state index in [9.17, 15) is 66.6 Å². The Bertz CT molecular complexity index is 1410. The number of hydrogen-bond acceptors (Lipinski definition) is 20. The normalized spacial score (nSPS) is 36.8. The Morgan fingerprint density at radius 2 is 1.23 bits per heavy atom. The Morgan fingerprint density at radius 1 is 0.652 bits per heavy atom. The van der Waals surface area contributed by atoms with E-state index >= 15 is 0 Å². The minimum atomic E-state index is -4.47. The molecular weight excluding hydrogens is 928 g/mol. The molecule has 0 aromatic rings. The molecule has 3 aliphatic heterocycles. The monoisotopic (exact) mass is 995 g/mol. The van der Waals surface area contributed by atoms with Crippen molar-refractivity contribution in [1.29, 1.82) is 0 Å². The van der Waals surface area contributed by atoms with Gasteiger partial charge in [0.15, 0.2) is 49.5 Å². The van der Waals surface area contributed by atoms with Crippen molar-refractivity contribution in [1.82, 2.24) is 16.0 Å². The van der Waals surface area contributed by atoms with E-state index in [2.05, 4.69) is 15.7 Å². The van der Waals surface area contributed by atoms with Crippen LogP contribution in [-0.2, 0) is 56.7 Å². The molecule has 388 valence electrons. The van der Waals surface area contributed by atoms with Crippen molar-refractivity contribution >= 4 is 13.6 Å². The topological polar surface area (TPSA) is 295 Å². The number of ether oxygens (including phenoxy) is 10. The largest absolute Gasteiger partial charge is 0.456 e. The van der Waals surface area contributed by atoms with Gasteiger partial charge in [-0.25, -0.2) is 32.4 Å². The summed E-state index contributed by atoms with van der Waals surface area (Å²) in [4.78, 5) is 30.2. The molecule has 66 heavy (non-hydrogen) atoms. The molecule has 22 nitrogen and oxygen atoms in total. The standard InChI is InChI=1S/C38H67F5N3O19P/c1-56-38-36(65-37-34(52)32(50)30(48)22(62-37)7-18-66(53,54)55)33(51)31(49)23(63-38)20-61-9-4-2-3-5-21-19-46(45-44-21)8-11-58-13-15-60-17-16-59-14-12-57-10-6-24(47)64-35-28(42)26(40)25(39)27(41)29(35)43/h21-23,25-38,44-45,48-52H,2-20H2,1H3,(H2,53,54,55)/t21?,22-,23-,25?,26?,27?,28?,29?,30-,31-,32+,33+,34+,35?,36+,37-,38+/m1/s1. The number of nitrogens with zero attached hydrogens (tertiary/aromatic N) is 1. The van der Waals surface area contributed by atoms with Gasteiger partial charge in [0.1, 0.15) is 42.7 Å². The Kier molecular flexibility index (Phi) is 25.2. The maximum atomic E-state index is 13.8. The summed E-state index contributed by atoms with van der Waals surface area (Å²) >= 11 is 0. The maximum Gasteiger partial charge on any atom is 0.325 e. The number of alkyl halides is 5. The molecule has 3 saturated heterocycles. The second-order valence-electron chi connectivity index (χ2n) is 16.3. The van der Waals surface area contributed by atoms with Gasteiger partial charge in [-0.15, -0.1) is 0 Å². The van der Waals surface area contributed by atoms with E-state index in [0.29, 0.717) is 39.6 Å². The summed E-state index contributed by atoms with van der Waals surface area (Å²) in [7, 11) is -3.21. The van der Waals surface area contributed by atoms with Crippen LogP contribution in [0.4, 0.5) is 22.0 Å². The summed E-state index contributed by atoms with van der Waals surface area (Å²) in [6, 6.07) is 0.220. The molecule has 4 fully saturated rings. The van der Waals surface area contributed by atoms with Crippen LogP contribution < -0.4 is 11.0 Å². The summed E-state index contributed by atoms with van der Waals surface area (Å²) in [6.45, 7) is 3.43. The molecule has 0 aromatic heterocycles. The van der Waals surface area contributed by atoms with Gasteiger partial charge in [0.25, 0.3) is 0 Å². The molecule has 0 amide bonds. The lowest BCUT2D eigenvalue weighted by molar-refractivity contribution is -0.363. The van der Waals surface area contributed by atoms with Crippen molar-refractivity contribution in [3.63, 3.8) is 0 Å². The van der Waals surface area contributed by atoms with Crippen LogP contribution in [0.3, 0.4) is 0 Å². The van der Waals surface area contributed by atoms with Crippen molar-refractivity contribution in [2.45, 2.75) is 143 Å². The first-order valence-corrected chi connectivity index (χ1v) is 23.7. The number of nitrogens with one attached hydrogen (secondary N) is 2. The van der Waals surface area contributed by atoms with Gasteiger partial charge in [0, 0.05) is 32.8 Å². The number of methoxy groups -OCH3 is 1. The van der Waals surface area contributed by atoms with Crippen molar-refractivity contribution in [2.75, 3.05) is 92.4 Å². The van der Waals surface area contributed by atoms with Crippen LogP contribution >= 0.6 is 7.60 Å². The fourth-order valence-electron chi connectivity index (χ4n) is 7.41. The summed E-state index contributed by atoms with van der Waals surface area (Å²) < 4.78 is 133. The fraction of sp³-hybridized carbons (Fsp3) is 0.974. The zero-order chi connectivity index (χ0) is 48.4. The van der Waals surface area contributed by atoms with E-state index in [1.807, 2.05) is 5.01 Å². The highest BCUT2D eigenvalue weighted by molar-refractivity contribution is 7.51. The number of hydrogen-bond donors (Lipinski definition) is 9. The predicted octanol–water partition coefficient (Wildman–Crippen LogP) is -1.82. The minimum absolute atomic E-state index is 0.0807. The van der Waals surface area contributed by atoms with Crippen LogP contribution in [-0.4, -0.2) is 243 Å². The molecule has 5 unspecified atom stereocenters. The van der Waals surface area contributed by atoms with E-state index in [-0.39, 0.29) is 45.5 Å². The molecular formula is C38H67F5N3O19P. The molecule has 0 spiro atoms. The van der Waals surface area contributed by atoms with E-state index in [0.717, 1.165) is 32.2 Å². The zero-order valence-corrected chi connectivity index (χ0v) is 37.5. The molecule has 4 rings (SSSR count). The second kappa shape index (κ2) is 29.1. The quantitative estimate of drug-likeness (QED) is 0.0166. The average Bonchev–Trinajstić information content (AvgIpc) is 3.74. The van der Waals surface area contributed by atoms with Crippen LogP contribution in [0, 0.1) is 0 Å². The van der Waals surface area contributed by atoms with Gasteiger partial charge in [-0.2, -0.15) is 5.53 Å². The number of aliphatic hydroxyl groups is 5. The van der Waals surface area contributed by atoms with E-state index in [4.69, 9.17) is 42.6 Å². The molecule has 4 aliphatic rings. The Labute approximate surface area is 378 Å². The van der Waals surface area contributed by atoms with Gasteiger partial charge in [-0.05, 0) is 19.3 Å². The highest BCUT2D eigenvalue weighted by atomic mass is 31.2. The number of esters is 1. The van der Waals surface area contributed by atoms with Crippen molar-refractivity contribution in [3.05, 3.63) is 0 Å². The van der Waals surface area contributed by atoms with Gasteiger partial charge < -0.3 is 82.7 Å². The van der Waals surface area contributed by atoms with Crippen molar-refractivity contribution in [2.24, 2.45) is 0 Å². The Hall–Kier alpha value is -1.41.